The Morgan fingerprint density at radius 3 is 2.45 bits per heavy atom. The Kier molecular flexibility index (Phi) is 4.04. The van der Waals surface area contributed by atoms with Gasteiger partial charge >= 0.3 is 0 Å². The summed E-state index contributed by atoms with van der Waals surface area (Å²) in [7, 11) is 1.36. The molecule has 2 nitrogen and oxygen atoms in total. The summed E-state index contributed by atoms with van der Waals surface area (Å²) in [5.41, 5.74) is -1.21. The summed E-state index contributed by atoms with van der Waals surface area (Å²) in [4.78, 5) is 0. The van der Waals surface area contributed by atoms with Crippen molar-refractivity contribution in [2.45, 2.75) is 18.9 Å². The zero-order chi connectivity index (χ0) is 14.8. The van der Waals surface area contributed by atoms with Crippen LogP contribution in [0.1, 0.15) is 24.5 Å². The van der Waals surface area contributed by atoms with Gasteiger partial charge in [0.2, 0.25) is 0 Å². The van der Waals surface area contributed by atoms with Crippen molar-refractivity contribution in [1.29, 1.82) is 0 Å². The molecule has 0 aliphatic heterocycles. The highest BCUT2D eigenvalue weighted by atomic mass is 19.1. The first kappa shape index (κ1) is 14.5. The third kappa shape index (κ3) is 2.39. The van der Waals surface area contributed by atoms with Crippen LogP contribution in [-0.2, 0) is 5.60 Å². The summed E-state index contributed by atoms with van der Waals surface area (Å²) in [6, 6.07) is 10.1. The Hall–Kier alpha value is -1.94. The van der Waals surface area contributed by atoms with Gasteiger partial charge < -0.3 is 9.84 Å². The van der Waals surface area contributed by atoms with Gasteiger partial charge in [0.25, 0.3) is 0 Å². The molecule has 0 aliphatic carbocycles. The minimum absolute atomic E-state index is 0.0470. The summed E-state index contributed by atoms with van der Waals surface area (Å²) >= 11 is 0. The number of halogens is 2. The molecule has 0 amide bonds. The van der Waals surface area contributed by atoms with E-state index in [1.54, 1.807) is 19.1 Å². The summed E-state index contributed by atoms with van der Waals surface area (Å²) in [6.07, 6.45) is 0.209. The minimum atomic E-state index is -1.60. The van der Waals surface area contributed by atoms with Gasteiger partial charge in [0.05, 0.1) is 7.11 Å². The van der Waals surface area contributed by atoms with E-state index in [1.807, 2.05) is 0 Å². The first-order chi connectivity index (χ1) is 9.52. The van der Waals surface area contributed by atoms with Crippen molar-refractivity contribution < 1.29 is 18.6 Å². The molecule has 0 heterocycles. The quantitative estimate of drug-likeness (QED) is 0.925. The van der Waals surface area contributed by atoms with Crippen LogP contribution in [0, 0.1) is 11.6 Å². The molecule has 1 unspecified atom stereocenters. The summed E-state index contributed by atoms with van der Waals surface area (Å²) in [5, 5.41) is 10.8. The van der Waals surface area contributed by atoms with Crippen molar-refractivity contribution >= 4 is 0 Å². The van der Waals surface area contributed by atoms with Gasteiger partial charge in [-0.05, 0) is 30.2 Å². The lowest BCUT2D eigenvalue weighted by Gasteiger charge is -2.28. The predicted molar refractivity (Wildman–Crippen MR) is 72.6 cm³/mol. The highest BCUT2D eigenvalue weighted by Crippen LogP contribution is 2.37. The van der Waals surface area contributed by atoms with Crippen LogP contribution < -0.4 is 4.74 Å². The van der Waals surface area contributed by atoms with E-state index in [-0.39, 0.29) is 17.7 Å². The molecule has 20 heavy (non-hydrogen) atoms. The van der Waals surface area contributed by atoms with E-state index in [9.17, 15) is 13.9 Å². The zero-order valence-electron chi connectivity index (χ0n) is 11.4. The number of aliphatic hydroxyl groups is 1. The van der Waals surface area contributed by atoms with Gasteiger partial charge in [0.1, 0.15) is 11.4 Å². The van der Waals surface area contributed by atoms with E-state index in [1.165, 1.54) is 37.4 Å². The van der Waals surface area contributed by atoms with Gasteiger partial charge in [-0.1, -0.05) is 31.2 Å². The topological polar surface area (TPSA) is 29.5 Å². The average Bonchev–Trinajstić information content (AvgIpc) is 2.46. The standard InChI is InChI=1S/C16H16F2O2/c1-3-16(19,11-6-4-7-12(17)10-11)13-8-5-9-14(20-2)15(13)18/h4-10,19H,3H2,1-2H3. The third-order valence-corrected chi connectivity index (χ3v) is 3.44. The molecule has 0 aromatic heterocycles. The molecular weight excluding hydrogens is 262 g/mol. The molecule has 0 saturated carbocycles. The maximum Gasteiger partial charge on any atom is 0.171 e. The fourth-order valence-corrected chi connectivity index (χ4v) is 2.28. The molecule has 4 heteroatoms. The molecule has 1 N–H and O–H groups in total. The lowest BCUT2D eigenvalue weighted by molar-refractivity contribution is 0.0716. The van der Waals surface area contributed by atoms with Gasteiger partial charge in [0.15, 0.2) is 11.6 Å². The molecule has 0 bridgehead atoms. The Morgan fingerprint density at radius 2 is 1.85 bits per heavy atom. The van der Waals surface area contributed by atoms with Crippen LogP contribution in [0.25, 0.3) is 0 Å². The lowest BCUT2D eigenvalue weighted by atomic mass is 9.83. The van der Waals surface area contributed by atoms with Gasteiger partial charge in [-0.15, -0.1) is 0 Å². The van der Waals surface area contributed by atoms with Gasteiger partial charge in [-0.3, -0.25) is 0 Å². The van der Waals surface area contributed by atoms with E-state index in [2.05, 4.69) is 0 Å². The Bertz CT molecular complexity index is 613. The van der Waals surface area contributed by atoms with Crippen LogP contribution in [0.2, 0.25) is 0 Å². The second-order valence-corrected chi connectivity index (χ2v) is 4.55. The van der Waals surface area contributed by atoms with Crippen molar-refractivity contribution in [2.75, 3.05) is 7.11 Å². The molecule has 0 saturated heterocycles. The van der Waals surface area contributed by atoms with Gasteiger partial charge in [-0.2, -0.15) is 0 Å². The molecule has 0 fully saturated rings. The predicted octanol–water partition coefficient (Wildman–Crippen LogP) is 3.62. The van der Waals surface area contributed by atoms with Gasteiger partial charge in [0, 0.05) is 5.56 Å². The van der Waals surface area contributed by atoms with Crippen LogP contribution in [0.4, 0.5) is 8.78 Å². The number of ether oxygens (including phenoxy) is 1. The van der Waals surface area contributed by atoms with E-state index in [0.717, 1.165) is 0 Å². The summed E-state index contributed by atoms with van der Waals surface area (Å²) in [6.45, 7) is 1.71. The summed E-state index contributed by atoms with van der Waals surface area (Å²) < 4.78 is 32.7. The first-order valence-corrected chi connectivity index (χ1v) is 6.34. The van der Waals surface area contributed by atoms with E-state index < -0.39 is 17.2 Å². The fourth-order valence-electron chi connectivity index (χ4n) is 2.28. The van der Waals surface area contributed by atoms with Crippen LogP contribution >= 0.6 is 0 Å². The Labute approximate surface area is 116 Å². The maximum atomic E-state index is 14.4. The first-order valence-electron chi connectivity index (χ1n) is 6.34. The maximum absolute atomic E-state index is 14.4. The van der Waals surface area contributed by atoms with Crippen LogP contribution in [-0.4, -0.2) is 12.2 Å². The molecular formula is C16H16F2O2. The van der Waals surface area contributed by atoms with Gasteiger partial charge in [-0.25, -0.2) is 8.78 Å². The van der Waals surface area contributed by atoms with Crippen LogP contribution in [0.5, 0.6) is 5.75 Å². The highest BCUT2D eigenvalue weighted by Gasteiger charge is 2.33. The molecule has 1 atom stereocenters. The fraction of sp³-hybridized carbons (Fsp3) is 0.250. The van der Waals surface area contributed by atoms with Crippen molar-refractivity contribution in [1.82, 2.24) is 0 Å². The average molecular weight is 278 g/mol. The largest absolute Gasteiger partial charge is 0.494 e. The monoisotopic (exact) mass is 278 g/mol. The third-order valence-electron chi connectivity index (χ3n) is 3.44. The van der Waals surface area contributed by atoms with Crippen molar-refractivity contribution in [3.63, 3.8) is 0 Å². The molecule has 106 valence electrons. The second-order valence-electron chi connectivity index (χ2n) is 4.55. The van der Waals surface area contributed by atoms with Crippen molar-refractivity contribution in [3.05, 3.63) is 65.2 Å². The highest BCUT2D eigenvalue weighted by molar-refractivity contribution is 5.41. The molecule has 0 spiro atoms. The zero-order valence-corrected chi connectivity index (χ0v) is 11.4. The van der Waals surface area contributed by atoms with E-state index in [4.69, 9.17) is 4.74 Å². The molecule has 2 rings (SSSR count). The normalized spacial score (nSPS) is 13.8. The number of hydrogen-bond donors (Lipinski definition) is 1. The molecule has 2 aromatic carbocycles. The number of methoxy groups -OCH3 is 1. The summed E-state index contributed by atoms with van der Waals surface area (Å²) in [5.74, 6) is -1.06. The van der Waals surface area contributed by atoms with Crippen molar-refractivity contribution in [3.8, 4) is 5.75 Å². The SMILES string of the molecule is CCC(O)(c1cccc(F)c1)c1cccc(OC)c1F. The second kappa shape index (κ2) is 5.59. The molecule has 0 aliphatic rings. The smallest absolute Gasteiger partial charge is 0.171 e. The van der Waals surface area contributed by atoms with Crippen molar-refractivity contribution in [2.24, 2.45) is 0 Å². The minimum Gasteiger partial charge on any atom is -0.494 e. The van der Waals surface area contributed by atoms with E-state index in [0.29, 0.717) is 5.56 Å². The Balaban J connectivity index is 2.62. The van der Waals surface area contributed by atoms with Crippen LogP contribution in [0.15, 0.2) is 42.5 Å². The number of hydrogen-bond acceptors (Lipinski definition) is 2. The van der Waals surface area contributed by atoms with Crippen LogP contribution in [0.3, 0.4) is 0 Å². The molecule has 0 radical (unpaired) electrons. The number of benzene rings is 2. The number of rotatable bonds is 4. The molecule has 2 aromatic rings. The van der Waals surface area contributed by atoms with E-state index >= 15 is 0 Å². The lowest BCUT2D eigenvalue weighted by Crippen LogP contribution is -2.28. The Morgan fingerprint density at radius 1 is 1.15 bits per heavy atom.